The van der Waals surface area contributed by atoms with Gasteiger partial charge in [-0.25, -0.2) is 4.98 Å². The standard InChI is InChI=1S/C14H10F3NO2S/c15-14(16,17)10-6-7-11(18-8-10)21-12(13(19)20)9-4-2-1-3-5-9/h1-8,12H,(H,19,20). The quantitative estimate of drug-likeness (QED) is 0.866. The van der Waals surface area contributed by atoms with Crippen molar-refractivity contribution >= 4 is 17.7 Å². The number of carbonyl (C=O) groups is 1. The smallest absolute Gasteiger partial charge is 0.417 e. The highest BCUT2D eigenvalue weighted by Gasteiger charge is 2.31. The number of pyridine rings is 1. The van der Waals surface area contributed by atoms with Crippen molar-refractivity contribution in [3.63, 3.8) is 0 Å². The monoisotopic (exact) mass is 313 g/mol. The van der Waals surface area contributed by atoms with Gasteiger partial charge in [-0.05, 0) is 17.7 Å². The second kappa shape index (κ2) is 6.17. The average molecular weight is 313 g/mol. The molecule has 0 spiro atoms. The molecule has 2 aromatic rings. The van der Waals surface area contributed by atoms with Gasteiger partial charge in [-0.15, -0.1) is 0 Å². The Balaban J connectivity index is 2.20. The van der Waals surface area contributed by atoms with E-state index in [4.69, 9.17) is 0 Å². The summed E-state index contributed by atoms with van der Waals surface area (Å²) in [6, 6.07) is 10.5. The number of aromatic nitrogens is 1. The maximum atomic E-state index is 12.4. The lowest BCUT2D eigenvalue weighted by Crippen LogP contribution is -2.09. The van der Waals surface area contributed by atoms with Gasteiger partial charge in [0.2, 0.25) is 0 Å². The summed E-state index contributed by atoms with van der Waals surface area (Å²) in [5.41, 5.74) is -0.310. The van der Waals surface area contributed by atoms with Crippen LogP contribution in [0.15, 0.2) is 53.7 Å². The summed E-state index contributed by atoms with van der Waals surface area (Å²) in [6.45, 7) is 0. The Bertz CT molecular complexity index is 614. The topological polar surface area (TPSA) is 50.2 Å². The Morgan fingerprint density at radius 3 is 2.29 bits per heavy atom. The molecule has 0 aliphatic carbocycles. The normalized spacial score (nSPS) is 12.9. The molecular weight excluding hydrogens is 303 g/mol. The number of hydrogen-bond donors (Lipinski definition) is 1. The summed E-state index contributed by atoms with van der Waals surface area (Å²) < 4.78 is 37.3. The molecule has 0 fully saturated rings. The van der Waals surface area contributed by atoms with E-state index in [9.17, 15) is 23.1 Å². The predicted octanol–water partition coefficient (Wildman–Crippen LogP) is 4.02. The number of hydrogen-bond acceptors (Lipinski definition) is 3. The van der Waals surface area contributed by atoms with Crippen LogP contribution in [-0.2, 0) is 11.0 Å². The number of rotatable bonds is 4. The number of nitrogens with zero attached hydrogens (tertiary/aromatic N) is 1. The number of thioether (sulfide) groups is 1. The first-order chi connectivity index (χ1) is 9.88. The molecule has 1 heterocycles. The highest BCUT2D eigenvalue weighted by Crippen LogP contribution is 2.35. The van der Waals surface area contributed by atoms with Crippen molar-refractivity contribution < 1.29 is 23.1 Å². The van der Waals surface area contributed by atoms with Gasteiger partial charge in [0.25, 0.3) is 0 Å². The summed E-state index contributed by atoms with van der Waals surface area (Å²) in [5, 5.41) is 8.54. The molecule has 0 aliphatic rings. The Kier molecular flexibility index (Phi) is 4.52. The van der Waals surface area contributed by atoms with Crippen LogP contribution in [0.25, 0.3) is 0 Å². The van der Waals surface area contributed by atoms with Crippen LogP contribution in [0.5, 0.6) is 0 Å². The van der Waals surface area contributed by atoms with Crippen molar-refractivity contribution in [2.24, 2.45) is 0 Å². The number of aliphatic carboxylic acids is 1. The summed E-state index contributed by atoms with van der Waals surface area (Å²) >= 11 is 0.891. The molecule has 0 saturated heterocycles. The maximum absolute atomic E-state index is 12.4. The van der Waals surface area contributed by atoms with Crippen LogP contribution >= 0.6 is 11.8 Å². The fraction of sp³-hybridized carbons (Fsp3) is 0.143. The van der Waals surface area contributed by atoms with Gasteiger partial charge in [-0.3, -0.25) is 4.79 Å². The van der Waals surface area contributed by atoms with Gasteiger partial charge in [0.1, 0.15) is 5.25 Å². The second-order valence-corrected chi connectivity index (χ2v) is 5.26. The van der Waals surface area contributed by atoms with Gasteiger partial charge >= 0.3 is 12.1 Å². The van der Waals surface area contributed by atoms with Gasteiger partial charge in [0, 0.05) is 6.20 Å². The van der Waals surface area contributed by atoms with Crippen molar-refractivity contribution in [3.8, 4) is 0 Å². The first kappa shape index (κ1) is 15.4. The molecular formula is C14H10F3NO2S. The number of benzene rings is 1. The summed E-state index contributed by atoms with van der Waals surface area (Å²) in [6.07, 6.45) is -3.76. The lowest BCUT2D eigenvalue weighted by molar-refractivity contribution is -0.138. The molecule has 110 valence electrons. The SMILES string of the molecule is O=C(O)C(Sc1ccc(C(F)(F)F)cn1)c1ccccc1. The van der Waals surface area contributed by atoms with Gasteiger partial charge in [0.05, 0.1) is 10.6 Å². The molecule has 1 N–H and O–H groups in total. The van der Waals surface area contributed by atoms with Crippen molar-refractivity contribution in [2.75, 3.05) is 0 Å². The van der Waals surface area contributed by atoms with Crippen molar-refractivity contribution in [1.29, 1.82) is 0 Å². The molecule has 1 unspecified atom stereocenters. The minimum absolute atomic E-state index is 0.222. The highest BCUT2D eigenvalue weighted by molar-refractivity contribution is 8.00. The van der Waals surface area contributed by atoms with Crippen LogP contribution in [-0.4, -0.2) is 16.1 Å². The third kappa shape index (κ3) is 3.98. The maximum Gasteiger partial charge on any atom is 0.417 e. The van der Waals surface area contributed by atoms with Gasteiger partial charge in [-0.1, -0.05) is 42.1 Å². The molecule has 7 heteroatoms. The third-order valence-electron chi connectivity index (χ3n) is 2.63. The van der Waals surface area contributed by atoms with Gasteiger partial charge in [0.15, 0.2) is 0 Å². The van der Waals surface area contributed by atoms with Crippen molar-refractivity contribution in [1.82, 2.24) is 4.98 Å². The first-order valence-electron chi connectivity index (χ1n) is 5.85. The number of halogens is 3. The Hall–Kier alpha value is -2.02. The fourth-order valence-electron chi connectivity index (χ4n) is 1.63. The van der Waals surface area contributed by atoms with E-state index in [1.165, 1.54) is 6.07 Å². The van der Waals surface area contributed by atoms with E-state index in [1.54, 1.807) is 30.3 Å². The zero-order valence-corrected chi connectivity index (χ0v) is 11.4. The van der Waals surface area contributed by atoms with Crippen LogP contribution in [0.3, 0.4) is 0 Å². The predicted molar refractivity (Wildman–Crippen MR) is 71.9 cm³/mol. The molecule has 3 nitrogen and oxygen atoms in total. The Morgan fingerprint density at radius 1 is 1.14 bits per heavy atom. The number of carboxylic acids is 1. The second-order valence-electron chi connectivity index (χ2n) is 4.13. The van der Waals surface area contributed by atoms with Crippen LogP contribution in [0.4, 0.5) is 13.2 Å². The Morgan fingerprint density at radius 2 is 1.81 bits per heavy atom. The fourth-order valence-corrected chi connectivity index (χ4v) is 2.52. The van der Waals surface area contributed by atoms with Crippen LogP contribution in [0, 0.1) is 0 Å². The molecule has 2 rings (SSSR count). The van der Waals surface area contributed by atoms with E-state index in [2.05, 4.69) is 4.98 Å². The lowest BCUT2D eigenvalue weighted by Gasteiger charge is -2.12. The molecule has 1 atom stereocenters. The Labute approximate surface area is 122 Å². The van der Waals surface area contributed by atoms with E-state index in [0.29, 0.717) is 11.8 Å². The molecule has 0 radical (unpaired) electrons. The van der Waals surface area contributed by atoms with Crippen LogP contribution < -0.4 is 0 Å². The van der Waals surface area contributed by atoms with E-state index in [0.717, 1.165) is 17.8 Å². The van der Waals surface area contributed by atoms with E-state index in [1.807, 2.05) is 0 Å². The molecule has 0 bridgehead atoms. The molecule has 1 aromatic heterocycles. The number of carboxylic acid groups (broad SMARTS) is 1. The highest BCUT2D eigenvalue weighted by atomic mass is 32.2. The zero-order chi connectivity index (χ0) is 15.5. The minimum Gasteiger partial charge on any atom is -0.480 e. The molecule has 0 aliphatic heterocycles. The molecule has 0 saturated carbocycles. The van der Waals surface area contributed by atoms with E-state index < -0.39 is 23.0 Å². The lowest BCUT2D eigenvalue weighted by atomic mass is 10.1. The molecule has 21 heavy (non-hydrogen) atoms. The summed E-state index contributed by atoms with van der Waals surface area (Å²) in [7, 11) is 0. The molecule has 0 amide bonds. The van der Waals surface area contributed by atoms with Crippen molar-refractivity contribution in [2.45, 2.75) is 16.5 Å². The van der Waals surface area contributed by atoms with Gasteiger partial charge < -0.3 is 5.11 Å². The largest absolute Gasteiger partial charge is 0.480 e. The van der Waals surface area contributed by atoms with E-state index in [-0.39, 0.29) is 5.03 Å². The van der Waals surface area contributed by atoms with Crippen LogP contribution in [0.2, 0.25) is 0 Å². The average Bonchev–Trinajstić information content (AvgIpc) is 2.45. The molecule has 1 aromatic carbocycles. The van der Waals surface area contributed by atoms with Gasteiger partial charge in [-0.2, -0.15) is 13.2 Å². The third-order valence-corrected chi connectivity index (χ3v) is 3.82. The van der Waals surface area contributed by atoms with E-state index >= 15 is 0 Å². The number of alkyl halides is 3. The van der Waals surface area contributed by atoms with Crippen LogP contribution in [0.1, 0.15) is 16.4 Å². The first-order valence-corrected chi connectivity index (χ1v) is 6.73. The summed E-state index contributed by atoms with van der Waals surface area (Å²) in [4.78, 5) is 15.0. The minimum atomic E-state index is -4.46. The van der Waals surface area contributed by atoms with Crippen molar-refractivity contribution in [3.05, 3.63) is 59.8 Å². The zero-order valence-electron chi connectivity index (χ0n) is 10.5. The summed E-state index contributed by atoms with van der Waals surface area (Å²) in [5.74, 6) is -1.08.